The van der Waals surface area contributed by atoms with Crippen LogP contribution in [0.5, 0.6) is 11.5 Å². The Morgan fingerprint density at radius 2 is 1.53 bits per heavy atom. The first kappa shape index (κ1) is 23.1. The predicted molar refractivity (Wildman–Crippen MR) is 125 cm³/mol. The van der Waals surface area contributed by atoms with E-state index in [1.807, 2.05) is 39.0 Å². The number of nitrogens with one attached hydrogen (secondary N) is 2. The van der Waals surface area contributed by atoms with E-state index >= 15 is 0 Å². The maximum Gasteiger partial charge on any atom is 0.262 e. The number of sulfonamides is 1. The van der Waals surface area contributed by atoms with Crippen molar-refractivity contribution in [3.8, 4) is 11.5 Å². The molecule has 7 nitrogen and oxygen atoms in total. The highest BCUT2D eigenvalue weighted by Crippen LogP contribution is 2.27. The zero-order chi connectivity index (χ0) is 23.3. The van der Waals surface area contributed by atoms with Crippen LogP contribution in [-0.2, 0) is 14.8 Å². The number of carbonyl (C=O) groups is 1. The molecular weight excluding hydrogens is 428 g/mol. The quantitative estimate of drug-likeness (QED) is 0.525. The summed E-state index contributed by atoms with van der Waals surface area (Å²) in [5, 5.41) is 2.68. The van der Waals surface area contributed by atoms with E-state index in [1.54, 1.807) is 18.2 Å². The number of carbonyl (C=O) groups excluding carboxylic acids is 1. The average Bonchev–Trinajstić information content (AvgIpc) is 2.75. The summed E-state index contributed by atoms with van der Waals surface area (Å²) in [4.78, 5) is 12.3. The second-order valence-electron chi connectivity index (χ2n) is 7.42. The number of methoxy groups -OCH3 is 1. The maximum absolute atomic E-state index is 12.6. The molecule has 32 heavy (non-hydrogen) atoms. The topological polar surface area (TPSA) is 93.7 Å². The summed E-state index contributed by atoms with van der Waals surface area (Å²) in [5.74, 6) is 0.632. The van der Waals surface area contributed by atoms with Crippen molar-refractivity contribution in [1.82, 2.24) is 0 Å². The molecule has 0 aliphatic rings. The Bertz CT molecular complexity index is 1220. The van der Waals surface area contributed by atoms with Crippen molar-refractivity contribution in [3.63, 3.8) is 0 Å². The summed E-state index contributed by atoms with van der Waals surface area (Å²) in [6.45, 7) is 5.60. The van der Waals surface area contributed by atoms with Crippen molar-refractivity contribution in [1.29, 1.82) is 0 Å². The molecule has 0 aliphatic carbocycles. The van der Waals surface area contributed by atoms with Gasteiger partial charge in [0.15, 0.2) is 18.1 Å². The van der Waals surface area contributed by atoms with E-state index in [0.29, 0.717) is 22.9 Å². The van der Waals surface area contributed by atoms with Crippen molar-refractivity contribution in [3.05, 3.63) is 77.4 Å². The monoisotopic (exact) mass is 454 g/mol. The third-order valence-corrected chi connectivity index (χ3v) is 6.28. The van der Waals surface area contributed by atoms with Crippen molar-refractivity contribution in [2.45, 2.75) is 25.7 Å². The zero-order valence-corrected chi connectivity index (χ0v) is 19.2. The van der Waals surface area contributed by atoms with Crippen LogP contribution in [0.2, 0.25) is 0 Å². The molecule has 0 fully saturated rings. The van der Waals surface area contributed by atoms with E-state index in [4.69, 9.17) is 9.47 Å². The SMILES string of the molecule is COc1cc(C)ccc1OCC(=O)Nc1ccc(S(=O)(=O)Nc2ccc(C)c(C)c2)cc1. The number of anilines is 2. The van der Waals surface area contributed by atoms with Crippen molar-refractivity contribution in [2.75, 3.05) is 23.8 Å². The third-order valence-electron chi connectivity index (χ3n) is 4.89. The van der Waals surface area contributed by atoms with Crippen LogP contribution in [0.4, 0.5) is 11.4 Å². The Balaban J connectivity index is 1.61. The fourth-order valence-corrected chi connectivity index (χ4v) is 4.02. The first-order chi connectivity index (χ1) is 15.2. The lowest BCUT2D eigenvalue weighted by Crippen LogP contribution is -2.20. The fourth-order valence-electron chi connectivity index (χ4n) is 2.97. The van der Waals surface area contributed by atoms with Gasteiger partial charge in [-0.3, -0.25) is 9.52 Å². The molecule has 0 aliphatic heterocycles. The summed E-state index contributed by atoms with van der Waals surface area (Å²) >= 11 is 0. The van der Waals surface area contributed by atoms with Gasteiger partial charge in [-0.25, -0.2) is 8.42 Å². The van der Waals surface area contributed by atoms with Crippen LogP contribution in [0, 0.1) is 20.8 Å². The predicted octanol–water partition coefficient (Wildman–Crippen LogP) is 4.44. The van der Waals surface area contributed by atoms with Gasteiger partial charge < -0.3 is 14.8 Å². The molecule has 0 saturated heterocycles. The number of hydrogen-bond donors (Lipinski definition) is 2. The van der Waals surface area contributed by atoms with E-state index in [9.17, 15) is 13.2 Å². The molecule has 0 unspecified atom stereocenters. The maximum atomic E-state index is 12.6. The molecule has 0 radical (unpaired) electrons. The van der Waals surface area contributed by atoms with Gasteiger partial charge in [0, 0.05) is 11.4 Å². The number of hydrogen-bond acceptors (Lipinski definition) is 5. The summed E-state index contributed by atoms with van der Waals surface area (Å²) in [6.07, 6.45) is 0. The van der Waals surface area contributed by atoms with Crippen molar-refractivity contribution >= 4 is 27.3 Å². The van der Waals surface area contributed by atoms with Gasteiger partial charge >= 0.3 is 0 Å². The number of rotatable bonds is 8. The Kier molecular flexibility index (Phi) is 7.05. The second-order valence-corrected chi connectivity index (χ2v) is 9.10. The van der Waals surface area contributed by atoms with Crippen LogP contribution in [0.25, 0.3) is 0 Å². The molecule has 0 spiro atoms. The van der Waals surface area contributed by atoms with E-state index in [0.717, 1.165) is 16.7 Å². The number of aryl methyl sites for hydroxylation is 3. The smallest absolute Gasteiger partial charge is 0.262 e. The van der Waals surface area contributed by atoms with E-state index in [1.165, 1.54) is 31.4 Å². The van der Waals surface area contributed by atoms with Gasteiger partial charge in [-0.05, 0) is 86.0 Å². The van der Waals surface area contributed by atoms with Crippen molar-refractivity contribution < 1.29 is 22.7 Å². The minimum absolute atomic E-state index is 0.0920. The Hall–Kier alpha value is -3.52. The minimum atomic E-state index is -3.75. The molecule has 0 aromatic heterocycles. The molecule has 3 rings (SSSR count). The third kappa shape index (κ3) is 5.79. The molecule has 3 aromatic carbocycles. The van der Waals surface area contributed by atoms with Crippen LogP contribution in [0.15, 0.2) is 65.6 Å². The lowest BCUT2D eigenvalue weighted by molar-refractivity contribution is -0.118. The minimum Gasteiger partial charge on any atom is -0.493 e. The van der Waals surface area contributed by atoms with Gasteiger partial charge in [0.05, 0.1) is 12.0 Å². The first-order valence-corrected chi connectivity index (χ1v) is 11.4. The second kappa shape index (κ2) is 9.74. The van der Waals surface area contributed by atoms with E-state index in [2.05, 4.69) is 10.0 Å². The average molecular weight is 455 g/mol. The Morgan fingerprint density at radius 3 is 2.19 bits per heavy atom. The molecule has 168 valence electrons. The lowest BCUT2D eigenvalue weighted by atomic mass is 10.1. The lowest BCUT2D eigenvalue weighted by Gasteiger charge is -2.12. The van der Waals surface area contributed by atoms with E-state index < -0.39 is 10.0 Å². The van der Waals surface area contributed by atoms with Gasteiger partial charge in [-0.2, -0.15) is 0 Å². The zero-order valence-electron chi connectivity index (χ0n) is 18.4. The Morgan fingerprint density at radius 1 is 0.844 bits per heavy atom. The molecule has 3 aromatic rings. The molecule has 1 amide bonds. The van der Waals surface area contributed by atoms with Gasteiger partial charge in [0.2, 0.25) is 0 Å². The highest BCUT2D eigenvalue weighted by atomic mass is 32.2. The van der Waals surface area contributed by atoms with Crippen LogP contribution in [0.3, 0.4) is 0 Å². The van der Waals surface area contributed by atoms with Crippen LogP contribution >= 0.6 is 0 Å². The molecular formula is C24H26N2O5S. The summed E-state index contributed by atoms with van der Waals surface area (Å²) in [7, 11) is -2.21. The summed E-state index contributed by atoms with van der Waals surface area (Å²) < 4.78 is 38.7. The summed E-state index contributed by atoms with van der Waals surface area (Å²) in [5.41, 5.74) is 4.04. The molecule has 0 heterocycles. The first-order valence-electron chi connectivity index (χ1n) is 9.95. The highest BCUT2D eigenvalue weighted by molar-refractivity contribution is 7.92. The largest absolute Gasteiger partial charge is 0.493 e. The van der Waals surface area contributed by atoms with Crippen LogP contribution in [-0.4, -0.2) is 28.0 Å². The van der Waals surface area contributed by atoms with Gasteiger partial charge in [-0.1, -0.05) is 12.1 Å². The Labute approximate surface area is 188 Å². The van der Waals surface area contributed by atoms with Crippen LogP contribution < -0.4 is 19.5 Å². The van der Waals surface area contributed by atoms with Gasteiger partial charge in [0.1, 0.15) is 0 Å². The standard InChI is InChI=1S/C24H26N2O5S/c1-16-5-12-22(23(13-16)30-4)31-15-24(27)25-19-8-10-21(11-9-19)32(28,29)26-20-7-6-17(2)18(3)14-20/h5-14,26H,15H2,1-4H3,(H,25,27). The molecule has 0 saturated carbocycles. The van der Waals surface area contributed by atoms with E-state index in [-0.39, 0.29) is 17.4 Å². The van der Waals surface area contributed by atoms with Gasteiger partial charge in [0.25, 0.3) is 15.9 Å². The summed E-state index contributed by atoms with van der Waals surface area (Å²) in [6, 6.07) is 16.7. The normalized spacial score (nSPS) is 11.0. The fraction of sp³-hybridized carbons (Fsp3) is 0.208. The van der Waals surface area contributed by atoms with Crippen LogP contribution in [0.1, 0.15) is 16.7 Å². The number of benzene rings is 3. The molecule has 0 bridgehead atoms. The highest BCUT2D eigenvalue weighted by Gasteiger charge is 2.15. The number of ether oxygens (including phenoxy) is 2. The van der Waals surface area contributed by atoms with Crippen molar-refractivity contribution in [2.24, 2.45) is 0 Å². The molecule has 0 atom stereocenters. The molecule has 8 heteroatoms. The van der Waals surface area contributed by atoms with Gasteiger partial charge in [-0.15, -0.1) is 0 Å². The number of amides is 1. The molecule has 2 N–H and O–H groups in total.